The predicted molar refractivity (Wildman–Crippen MR) is 50.1 cm³/mol. The van der Waals surface area contributed by atoms with E-state index in [1.165, 1.54) is 0 Å². The third kappa shape index (κ3) is 3.08. The average molecular weight is 181 g/mol. The molecule has 0 aliphatic heterocycles. The molecule has 2 unspecified atom stereocenters. The van der Waals surface area contributed by atoms with Gasteiger partial charge in [0.2, 0.25) is 0 Å². The highest BCUT2D eigenvalue weighted by Gasteiger charge is 2.08. The van der Waals surface area contributed by atoms with Gasteiger partial charge in [-0.2, -0.15) is 0 Å². The van der Waals surface area contributed by atoms with Crippen molar-refractivity contribution in [2.24, 2.45) is 0 Å². The fourth-order valence-corrected chi connectivity index (χ4v) is 1.10. The normalized spacial score (nSPS) is 15.3. The van der Waals surface area contributed by atoms with Gasteiger partial charge in [0.05, 0.1) is 12.3 Å². The molecule has 1 rings (SSSR count). The van der Waals surface area contributed by atoms with Gasteiger partial charge in [0, 0.05) is 30.7 Å². The summed E-state index contributed by atoms with van der Waals surface area (Å²) in [5.74, 6) is 0. The molecular formula is C9H15N3O. The molecule has 0 bridgehead atoms. The summed E-state index contributed by atoms with van der Waals surface area (Å²) in [4.78, 5) is 8.13. The van der Waals surface area contributed by atoms with Crippen LogP contribution >= 0.6 is 0 Å². The zero-order valence-corrected chi connectivity index (χ0v) is 7.94. The van der Waals surface area contributed by atoms with Crippen LogP contribution in [-0.4, -0.2) is 27.7 Å². The lowest BCUT2D eigenvalue weighted by Crippen LogP contribution is -2.32. The van der Waals surface area contributed by atoms with Gasteiger partial charge in [-0.3, -0.25) is 9.97 Å². The van der Waals surface area contributed by atoms with Crippen molar-refractivity contribution >= 4 is 0 Å². The molecule has 0 radical (unpaired) electrons. The summed E-state index contributed by atoms with van der Waals surface area (Å²) < 4.78 is 0. The Balaban J connectivity index is 2.53. The van der Waals surface area contributed by atoms with Crippen LogP contribution in [0.5, 0.6) is 0 Å². The lowest BCUT2D eigenvalue weighted by atomic mass is 10.2. The van der Waals surface area contributed by atoms with Crippen molar-refractivity contribution < 1.29 is 5.11 Å². The van der Waals surface area contributed by atoms with Crippen molar-refractivity contribution in [3.8, 4) is 0 Å². The van der Waals surface area contributed by atoms with E-state index in [1.54, 1.807) is 18.6 Å². The standard InChI is InChI=1S/C9H15N3O/c1-7(6-13)12-8(2)9-5-10-3-4-11-9/h3-5,7-8,12-13H,6H2,1-2H3. The van der Waals surface area contributed by atoms with Gasteiger partial charge in [-0.15, -0.1) is 0 Å². The Kier molecular flexibility index (Phi) is 3.79. The minimum absolute atomic E-state index is 0.0806. The average Bonchev–Trinajstić information content (AvgIpc) is 2.19. The van der Waals surface area contributed by atoms with Crippen molar-refractivity contribution in [3.05, 3.63) is 24.3 Å². The van der Waals surface area contributed by atoms with E-state index in [2.05, 4.69) is 15.3 Å². The van der Waals surface area contributed by atoms with Crippen LogP contribution in [-0.2, 0) is 0 Å². The molecule has 0 spiro atoms. The lowest BCUT2D eigenvalue weighted by Gasteiger charge is -2.17. The van der Waals surface area contributed by atoms with Crippen LogP contribution in [0.2, 0.25) is 0 Å². The second-order valence-electron chi connectivity index (χ2n) is 3.10. The Morgan fingerprint density at radius 3 is 2.77 bits per heavy atom. The molecular weight excluding hydrogens is 166 g/mol. The molecule has 0 aliphatic rings. The maximum absolute atomic E-state index is 8.83. The number of nitrogens with zero attached hydrogens (tertiary/aromatic N) is 2. The predicted octanol–water partition coefficient (Wildman–Crippen LogP) is 0.508. The summed E-state index contributed by atoms with van der Waals surface area (Å²) in [6.45, 7) is 4.05. The summed E-state index contributed by atoms with van der Waals surface area (Å²) in [6, 6.07) is 0.202. The second kappa shape index (κ2) is 4.89. The van der Waals surface area contributed by atoms with E-state index in [1.807, 2.05) is 13.8 Å². The Labute approximate surface area is 78.0 Å². The van der Waals surface area contributed by atoms with Gasteiger partial charge in [-0.1, -0.05) is 0 Å². The van der Waals surface area contributed by atoms with E-state index in [0.717, 1.165) is 5.69 Å². The zero-order chi connectivity index (χ0) is 9.68. The number of hydrogen-bond donors (Lipinski definition) is 2. The fourth-order valence-electron chi connectivity index (χ4n) is 1.10. The Hall–Kier alpha value is -1.00. The summed E-state index contributed by atoms with van der Waals surface area (Å²) in [5, 5.41) is 12.0. The molecule has 0 saturated carbocycles. The first-order valence-corrected chi connectivity index (χ1v) is 4.37. The minimum Gasteiger partial charge on any atom is -0.395 e. The first-order valence-electron chi connectivity index (χ1n) is 4.37. The molecule has 72 valence electrons. The van der Waals surface area contributed by atoms with E-state index in [0.29, 0.717) is 0 Å². The SMILES string of the molecule is CC(CO)NC(C)c1cnccn1. The molecule has 2 N–H and O–H groups in total. The first kappa shape index (κ1) is 10.1. The van der Waals surface area contributed by atoms with Gasteiger partial charge < -0.3 is 10.4 Å². The molecule has 1 aromatic heterocycles. The first-order chi connectivity index (χ1) is 6.24. The maximum atomic E-state index is 8.83. The van der Waals surface area contributed by atoms with Gasteiger partial charge in [0.15, 0.2) is 0 Å². The molecule has 0 amide bonds. The molecule has 2 atom stereocenters. The Morgan fingerprint density at radius 1 is 1.46 bits per heavy atom. The number of aliphatic hydroxyl groups excluding tert-OH is 1. The van der Waals surface area contributed by atoms with Crippen LogP contribution in [0.3, 0.4) is 0 Å². The van der Waals surface area contributed by atoms with Crippen LogP contribution < -0.4 is 5.32 Å². The summed E-state index contributed by atoms with van der Waals surface area (Å²) in [6.07, 6.45) is 5.03. The van der Waals surface area contributed by atoms with Crippen LogP contribution in [0.4, 0.5) is 0 Å². The van der Waals surface area contributed by atoms with Crippen molar-refractivity contribution in [2.45, 2.75) is 25.9 Å². The lowest BCUT2D eigenvalue weighted by molar-refractivity contribution is 0.242. The molecule has 0 fully saturated rings. The van der Waals surface area contributed by atoms with Crippen LogP contribution in [0.15, 0.2) is 18.6 Å². The molecule has 0 aliphatic carbocycles. The van der Waals surface area contributed by atoms with Crippen LogP contribution in [0.25, 0.3) is 0 Å². The van der Waals surface area contributed by atoms with E-state index < -0.39 is 0 Å². The molecule has 4 heteroatoms. The molecule has 1 aromatic rings. The number of aliphatic hydroxyl groups is 1. The van der Waals surface area contributed by atoms with E-state index in [9.17, 15) is 0 Å². The van der Waals surface area contributed by atoms with E-state index >= 15 is 0 Å². The number of hydrogen-bond acceptors (Lipinski definition) is 4. The van der Waals surface area contributed by atoms with E-state index in [4.69, 9.17) is 5.11 Å². The van der Waals surface area contributed by atoms with Gasteiger partial charge in [0.25, 0.3) is 0 Å². The Bertz CT molecular complexity index is 240. The quantitative estimate of drug-likeness (QED) is 0.710. The number of aromatic nitrogens is 2. The van der Waals surface area contributed by atoms with Gasteiger partial charge >= 0.3 is 0 Å². The number of rotatable bonds is 4. The van der Waals surface area contributed by atoms with Gasteiger partial charge in [-0.25, -0.2) is 0 Å². The minimum atomic E-state index is 0.0806. The van der Waals surface area contributed by atoms with Gasteiger partial charge in [-0.05, 0) is 13.8 Å². The summed E-state index contributed by atoms with van der Waals surface area (Å²) in [7, 11) is 0. The number of nitrogens with one attached hydrogen (secondary N) is 1. The van der Waals surface area contributed by atoms with Crippen molar-refractivity contribution in [3.63, 3.8) is 0 Å². The van der Waals surface area contributed by atoms with Crippen LogP contribution in [0, 0.1) is 0 Å². The maximum Gasteiger partial charge on any atom is 0.0753 e. The zero-order valence-electron chi connectivity index (χ0n) is 7.94. The molecule has 0 aromatic carbocycles. The molecule has 13 heavy (non-hydrogen) atoms. The Morgan fingerprint density at radius 2 is 2.23 bits per heavy atom. The third-order valence-corrected chi connectivity index (χ3v) is 1.84. The van der Waals surface area contributed by atoms with E-state index in [-0.39, 0.29) is 18.7 Å². The summed E-state index contributed by atoms with van der Waals surface area (Å²) >= 11 is 0. The van der Waals surface area contributed by atoms with Crippen molar-refractivity contribution in [2.75, 3.05) is 6.61 Å². The monoisotopic (exact) mass is 181 g/mol. The third-order valence-electron chi connectivity index (χ3n) is 1.84. The molecule has 0 saturated heterocycles. The highest BCUT2D eigenvalue weighted by atomic mass is 16.3. The van der Waals surface area contributed by atoms with Crippen molar-refractivity contribution in [1.29, 1.82) is 0 Å². The second-order valence-corrected chi connectivity index (χ2v) is 3.10. The van der Waals surface area contributed by atoms with Crippen LogP contribution in [0.1, 0.15) is 25.6 Å². The van der Waals surface area contributed by atoms with Gasteiger partial charge in [0.1, 0.15) is 0 Å². The largest absolute Gasteiger partial charge is 0.395 e. The fraction of sp³-hybridized carbons (Fsp3) is 0.556. The molecule has 1 heterocycles. The highest BCUT2D eigenvalue weighted by molar-refractivity contribution is 5.00. The topological polar surface area (TPSA) is 58.0 Å². The highest BCUT2D eigenvalue weighted by Crippen LogP contribution is 2.06. The molecule has 4 nitrogen and oxygen atoms in total. The van der Waals surface area contributed by atoms with Crippen molar-refractivity contribution in [1.82, 2.24) is 15.3 Å². The summed E-state index contributed by atoms with van der Waals surface area (Å²) in [5.41, 5.74) is 0.891. The smallest absolute Gasteiger partial charge is 0.0753 e.